The molecule has 1 aliphatic heterocycles. The minimum Gasteiger partial charge on any atom is -0.477 e. The molecule has 10 nitrogen and oxygen atoms in total. The number of carbonyl (C=O) groups excluding carboxylic acids is 1. The van der Waals surface area contributed by atoms with Crippen molar-refractivity contribution < 1.29 is 45.0 Å². The number of hydrogen-bond donors (Lipinski definition) is 7. The third-order valence-corrected chi connectivity index (χ3v) is 3.10. The maximum atomic E-state index is 10.9. The second-order valence-electron chi connectivity index (χ2n) is 4.49. The Kier molecular flexibility index (Phi) is 5.39. The van der Waals surface area contributed by atoms with Gasteiger partial charge in [0.15, 0.2) is 0 Å². The van der Waals surface area contributed by atoms with Crippen LogP contribution in [0.15, 0.2) is 0 Å². The summed E-state index contributed by atoms with van der Waals surface area (Å²) in [5.41, 5.74) is 0. The standard InChI is InChI=1S/C10H17NO9/c12-2-5(15)7(16)8-6(11-3-13)4(14)1-10(19,20-8)9(17)18/h3-8,12,14-16,19H,1-2H2,(H,11,13)(H,17,18). The zero-order valence-corrected chi connectivity index (χ0v) is 10.3. The zero-order valence-electron chi connectivity index (χ0n) is 10.3. The number of ether oxygens (including phenoxy) is 1. The molecule has 1 heterocycles. The van der Waals surface area contributed by atoms with Crippen LogP contribution in [0.3, 0.4) is 0 Å². The van der Waals surface area contributed by atoms with E-state index in [0.29, 0.717) is 0 Å². The molecular formula is C10H17NO9. The third-order valence-electron chi connectivity index (χ3n) is 3.10. The lowest BCUT2D eigenvalue weighted by atomic mass is 9.89. The lowest BCUT2D eigenvalue weighted by Crippen LogP contribution is -2.66. The van der Waals surface area contributed by atoms with Crippen LogP contribution in [-0.4, -0.2) is 85.9 Å². The van der Waals surface area contributed by atoms with Crippen molar-refractivity contribution in [3.63, 3.8) is 0 Å². The number of hydrogen-bond acceptors (Lipinski definition) is 8. The third kappa shape index (κ3) is 3.23. The molecule has 0 aromatic heterocycles. The van der Waals surface area contributed by atoms with Crippen molar-refractivity contribution in [1.82, 2.24) is 5.32 Å². The topological polar surface area (TPSA) is 177 Å². The number of carboxylic acids is 1. The van der Waals surface area contributed by atoms with Gasteiger partial charge in [0.25, 0.3) is 5.79 Å². The molecule has 0 radical (unpaired) electrons. The first-order valence-corrected chi connectivity index (χ1v) is 5.75. The Hall–Kier alpha value is -1.30. The predicted molar refractivity (Wildman–Crippen MR) is 60.2 cm³/mol. The summed E-state index contributed by atoms with van der Waals surface area (Å²) in [5, 5.41) is 58.3. The van der Waals surface area contributed by atoms with Crippen molar-refractivity contribution >= 4 is 12.4 Å². The van der Waals surface area contributed by atoms with Crippen LogP contribution >= 0.6 is 0 Å². The Labute approximate surface area is 113 Å². The molecule has 6 atom stereocenters. The van der Waals surface area contributed by atoms with E-state index in [1.807, 2.05) is 0 Å². The van der Waals surface area contributed by atoms with Gasteiger partial charge in [0.2, 0.25) is 6.41 Å². The summed E-state index contributed by atoms with van der Waals surface area (Å²) in [4.78, 5) is 21.4. The smallest absolute Gasteiger partial charge is 0.364 e. The molecule has 20 heavy (non-hydrogen) atoms. The molecule has 0 spiro atoms. The van der Waals surface area contributed by atoms with Gasteiger partial charge in [-0.15, -0.1) is 0 Å². The van der Waals surface area contributed by atoms with Gasteiger partial charge in [-0.1, -0.05) is 0 Å². The summed E-state index contributed by atoms with van der Waals surface area (Å²) >= 11 is 0. The first-order valence-electron chi connectivity index (χ1n) is 5.75. The van der Waals surface area contributed by atoms with Crippen molar-refractivity contribution in [3.8, 4) is 0 Å². The molecule has 1 fully saturated rings. The fraction of sp³-hybridized carbons (Fsp3) is 0.800. The predicted octanol–water partition coefficient (Wildman–Crippen LogP) is -4.26. The van der Waals surface area contributed by atoms with E-state index >= 15 is 0 Å². The zero-order chi connectivity index (χ0) is 15.5. The quantitative estimate of drug-likeness (QED) is 0.239. The van der Waals surface area contributed by atoms with Crippen LogP contribution in [0.2, 0.25) is 0 Å². The molecule has 116 valence electrons. The fourth-order valence-corrected chi connectivity index (χ4v) is 2.01. The summed E-state index contributed by atoms with van der Waals surface area (Å²) in [6.07, 6.45) is -7.27. The van der Waals surface area contributed by atoms with Gasteiger partial charge in [-0.25, -0.2) is 4.79 Å². The van der Waals surface area contributed by atoms with Crippen LogP contribution in [0, 0.1) is 0 Å². The molecule has 7 N–H and O–H groups in total. The average Bonchev–Trinajstić information content (AvgIpc) is 2.39. The first-order chi connectivity index (χ1) is 9.26. The van der Waals surface area contributed by atoms with E-state index in [-0.39, 0.29) is 6.41 Å². The van der Waals surface area contributed by atoms with Crippen LogP contribution in [0.4, 0.5) is 0 Å². The number of aliphatic hydroxyl groups excluding tert-OH is 4. The molecule has 1 saturated heterocycles. The number of amides is 1. The highest BCUT2D eigenvalue weighted by molar-refractivity contribution is 5.75. The van der Waals surface area contributed by atoms with Gasteiger partial charge in [-0.3, -0.25) is 4.79 Å². The normalized spacial score (nSPS) is 37.0. The molecule has 0 bridgehead atoms. The van der Waals surface area contributed by atoms with Crippen molar-refractivity contribution in [2.75, 3.05) is 6.61 Å². The Morgan fingerprint density at radius 2 is 2.10 bits per heavy atom. The Bertz CT molecular complexity index is 365. The molecule has 1 aliphatic rings. The van der Waals surface area contributed by atoms with Crippen LogP contribution in [-0.2, 0) is 14.3 Å². The minimum absolute atomic E-state index is 0.188. The number of aliphatic hydroxyl groups is 5. The molecule has 0 saturated carbocycles. The highest BCUT2D eigenvalue weighted by Gasteiger charge is 2.53. The summed E-state index contributed by atoms with van der Waals surface area (Å²) < 4.78 is 4.81. The van der Waals surface area contributed by atoms with Gasteiger partial charge in [-0.05, 0) is 0 Å². The van der Waals surface area contributed by atoms with Gasteiger partial charge in [0, 0.05) is 6.42 Å². The highest BCUT2D eigenvalue weighted by Crippen LogP contribution is 2.30. The van der Waals surface area contributed by atoms with Gasteiger partial charge < -0.3 is 40.7 Å². The molecular weight excluding hydrogens is 278 g/mol. The largest absolute Gasteiger partial charge is 0.477 e. The molecule has 6 unspecified atom stereocenters. The van der Waals surface area contributed by atoms with Gasteiger partial charge in [-0.2, -0.15) is 0 Å². The van der Waals surface area contributed by atoms with E-state index in [9.17, 15) is 30.0 Å². The second-order valence-corrected chi connectivity index (χ2v) is 4.49. The van der Waals surface area contributed by atoms with Gasteiger partial charge in [0.1, 0.15) is 18.3 Å². The molecule has 1 amide bonds. The van der Waals surface area contributed by atoms with E-state index < -0.39 is 55.2 Å². The van der Waals surface area contributed by atoms with E-state index in [1.54, 1.807) is 0 Å². The Balaban J connectivity index is 3.03. The number of rotatable bonds is 6. The van der Waals surface area contributed by atoms with E-state index in [2.05, 4.69) is 5.32 Å². The van der Waals surface area contributed by atoms with E-state index in [1.165, 1.54) is 0 Å². The maximum absolute atomic E-state index is 10.9. The van der Waals surface area contributed by atoms with Crippen LogP contribution < -0.4 is 5.32 Å². The Morgan fingerprint density at radius 1 is 1.50 bits per heavy atom. The highest BCUT2D eigenvalue weighted by atomic mass is 16.7. The average molecular weight is 295 g/mol. The fourth-order valence-electron chi connectivity index (χ4n) is 2.01. The van der Waals surface area contributed by atoms with E-state index in [0.717, 1.165) is 0 Å². The summed E-state index contributed by atoms with van der Waals surface area (Å²) in [6.45, 7) is -0.865. The summed E-state index contributed by atoms with van der Waals surface area (Å²) in [5.74, 6) is -4.57. The lowest BCUT2D eigenvalue weighted by Gasteiger charge is -2.44. The van der Waals surface area contributed by atoms with Crippen molar-refractivity contribution in [1.29, 1.82) is 0 Å². The van der Waals surface area contributed by atoms with Crippen molar-refractivity contribution in [2.45, 2.75) is 42.7 Å². The Morgan fingerprint density at radius 3 is 2.55 bits per heavy atom. The van der Waals surface area contributed by atoms with Gasteiger partial charge in [0.05, 0.1) is 18.8 Å². The van der Waals surface area contributed by atoms with Crippen LogP contribution in [0.5, 0.6) is 0 Å². The molecule has 1 rings (SSSR count). The summed E-state index contributed by atoms with van der Waals surface area (Å²) in [6, 6.07) is -1.26. The van der Waals surface area contributed by atoms with Crippen LogP contribution in [0.1, 0.15) is 6.42 Å². The monoisotopic (exact) mass is 295 g/mol. The minimum atomic E-state index is -2.78. The first kappa shape index (κ1) is 16.8. The number of carbonyl (C=O) groups is 2. The second kappa shape index (κ2) is 6.43. The molecule has 10 heteroatoms. The summed E-state index contributed by atoms with van der Waals surface area (Å²) in [7, 11) is 0. The molecule has 0 aliphatic carbocycles. The van der Waals surface area contributed by atoms with E-state index in [4.69, 9.17) is 14.9 Å². The van der Waals surface area contributed by atoms with Crippen molar-refractivity contribution in [2.24, 2.45) is 0 Å². The number of aliphatic carboxylic acids is 1. The number of nitrogens with one attached hydrogen (secondary N) is 1. The maximum Gasteiger partial charge on any atom is 0.364 e. The van der Waals surface area contributed by atoms with Crippen LogP contribution in [0.25, 0.3) is 0 Å². The SMILES string of the molecule is O=CNC1C(O)CC(O)(C(=O)O)OC1C(O)C(O)CO. The van der Waals surface area contributed by atoms with Crippen molar-refractivity contribution in [3.05, 3.63) is 0 Å². The van der Waals surface area contributed by atoms with Gasteiger partial charge >= 0.3 is 5.97 Å². The number of carboxylic acid groups (broad SMARTS) is 1. The molecule has 0 aromatic rings. The lowest BCUT2D eigenvalue weighted by molar-refractivity contribution is -0.294. The molecule has 0 aromatic carbocycles.